The molecule has 0 aliphatic rings. The summed E-state index contributed by atoms with van der Waals surface area (Å²) in [6.45, 7) is 1.96. The first kappa shape index (κ1) is 12.6. The minimum absolute atomic E-state index is 0.0909. The Balaban J connectivity index is 2.46. The van der Waals surface area contributed by atoms with Crippen LogP contribution in [0.15, 0.2) is 28.7 Å². The molecule has 94 valence electrons. The lowest BCUT2D eigenvalue weighted by Crippen LogP contribution is -1.99. The number of hydrogen-bond acceptors (Lipinski definition) is 3. The lowest BCUT2D eigenvalue weighted by atomic mass is 10.2. The number of benzene rings is 1. The van der Waals surface area contributed by atoms with E-state index in [9.17, 15) is 4.79 Å². The number of hydrogen-bond donors (Lipinski definition) is 1. The molecule has 0 radical (unpaired) electrons. The Morgan fingerprint density at radius 3 is 2.89 bits per heavy atom. The van der Waals surface area contributed by atoms with Crippen LogP contribution in [0.3, 0.4) is 0 Å². The van der Waals surface area contributed by atoms with Gasteiger partial charge in [-0.2, -0.15) is 0 Å². The summed E-state index contributed by atoms with van der Waals surface area (Å²) in [5.41, 5.74) is 1.15. The summed E-state index contributed by atoms with van der Waals surface area (Å²) in [7, 11) is 0. The van der Waals surface area contributed by atoms with E-state index in [1.807, 2.05) is 6.92 Å². The van der Waals surface area contributed by atoms with E-state index in [2.05, 4.69) is 4.98 Å². The van der Waals surface area contributed by atoms with Crippen LogP contribution in [0, 0.1) is 0 Å². The first-order valence-corrected chi connectivity index (χ1v) is 5.98. The molecule has 1 aromatic carbocycles. The second-order valence-electron chi connectivity index (χ2n) is 3.86. The van der Waals surface area contributed by atoms with Crippen LogP contribution in [0.5, 0.6) is 0 Å². The summed E-state index contributed by atoms with van der Waals surface area (Å²) < 4.78 is 5.30. The second-order valence-corrected chi connectivity index (χ2v) is 4.30. The number of carboxylic acids is 1. The summed E-state index contributed by atoms with van der Waals surface area (Å²) in [5.74, 6) is -0.899. The second kappa shape index (κ2) is 5.23. The van der Waals surface area contributed by atoms with Gasteiger partial charge in [-0.15, -0.1) is 0 Å². The van der Waals surface area contributed by atoms with Crippen LogP contribution in [-0.4, -0.2) is 16.1 Å². The molecule has 2 aromatic rings. The van der Waals surface area contributed by atoms with Gasteiger partial charge in [-0.3, -0.25) is 0 Å². The number of carboxylic acid groups (broad SMARTS) is 1. The number of aromatic carboxylic acids is 1. The highest BCUT2D eigenvalue weighted by Crippen LogP contribution is 2.25. The summed E-state index contributed by atoms with van der Waals surface area (Å²) in [5, 5.41) is 9.60. The minimum atomic E-state index is -1.10. The predicted molar refractivity (Wildman–Crippen MR) is 67.9 cm³/mol. The van der Waals surface area contributed by atoms with E-state index in [1.165, 1.54) is 0 Å². The number of oxazole rings is 1. The Kier molecular flexibility index (Phi) is 3.67. The Bertz CT molecular complexity index is 577. The normalized spacial score (nSPS) is 10.6. The smallest absolute Gasteiger partial charge is 0.373 e. The van der Waals surface area contributed by atoms with Gasteiger partial charge in [-0.1, -0.05) is 31.0 Å². The van der Waals surface area contributed by atoms with Gasteiger partial charge >= 0.3 is 5.97 Å². The summed E-state index contributed by atoms with van der Waals surface area (Å²) in [6.07, 6.45) is 1.38. The van der Waals surface area contributed by atoms with Crippen LogP contribution >= 0.6 is 11.6 Å². The van der Waals surface area contributed by atoms with Gasteiger partial charge in [0, 0.05) is 10.6 Å². The molecule has 2 rings (SSSR count). The van der Waals surface area contributed by atoms with Crippen LogP contribution in [0.4, 0.5) is 0 Å². The fraction of sp³-hybridized carbons (Fsp3) is 0.231. The van der Waals surface area contributed by atoms with E-state index in [4.69, 9.17) is 21.1 Å². The van der Waals surface area contributed by atoms with Gasteiger partial charge < -0.3 is 9.52 Å². The van der Waals surface area contributed by atoms with E-state index in [-0.39, 0.29) is 5.76 Å². The highest BCUT2D eigenvalue weighted by molar-refractivity contribution is 6.30. The van der Waals surface area contributed by atoms with E-state index in [0.717, 1.165) is 6.42 Å². The fourth-order valence-electron chi connectivity index (χ4n) is 1.67. The van der Waals surface area contributed by atoms with Crippen molar-refractivity contribution in [2.45, 2.75) is 19.8 Å². The highest BCUT2D eigenvalue weighted by Gasteiger charge is 2.19. The first-order chi connectivity index (χ1) is 8.61. The monoisotopic (exact) mass is 265 g/mol. The Morgan fingerprint density at radius 2 is 2.28 bits per heavy atom. The van der Waals surface area contributed by atoms with Crippen molar-refractivity contribution in [3.63, 3.8) is 0 Å². The molecule has 0 aliphatic heterocycles. The zero-order valence-corrected chi connectivity index (χ0v) is 10.6. The van der Waals surface area contributed by atoms with Crippen LogP contribution < -0.4 is 0 Å². The molecule has 1 N–H and O–H groups in total. The zero-order chi connectivity index (χ0) is 13.1. The summed E-state index contributed by atoms with van der Waals surface area (Å²) in [6, 6.07) is 6.97. The molecule has 0 amide bonds. The maximum absolute atomic E-state index is 11.0. The Labute approximate surface area is 109 Å². The van der Waals surface area contributed by atoms with Crippen molar-refractivity contribution in [3.8, 4) is 11.5 Å². The third kappa shape index (κ3) is 2.54. The van der Waals surface area contributed by atoms with Crippen LogP contribution in [0.25, 0.3) is 11.5 Å². The lowest BCUT2D eigenvalue weighted by Gasteiger charge is -1.95. The first-order valence-electron chi connectivity index (χ1n) is 5.60. The van der Waals surface area contributed by atoms with E-state index in [1.54, 1.807) is 24.3 Å². The molecule has 5 heteroatoms. The van der Waals surface area contributed by atoms with Crippen molar-refractivity contribution < 1.29 is 14.3 Å². The molecule has 0 unspecified atom stereocenters. The van der Waals surface area contributed by atoms with E-state index < -0.39 is 5.97 Å². The van der Waals surface area contributed by atoms with Gasteiger partial charge in [0.1, 0.15) is 0 Å². The number of aromatic nitrogens is 1. The number of nitrogens with zero attached hydrogens (tertiary/aromatic N) is 1. The maximum atomic E-state index is 11.0. The predicted octanol–water partition coefficient (Wildman–Crippen LogP) is 3.65. The van der Waals surface area contributed by atoms with Crippen molar-refractivity contribution in [3.05, 3.63) is 40.7 Å². The molecular weight excluding hydrogens is 254 g/mol. The molecule has 0 spiro atoms. The van der Waals surface area contributed by atoms with Gasteiger partial charge in [0.15, 0.2) is 0 Å². The topological polar surface area (TPSA) is 63.3 Å². The summed E-state index contributed by atoms with van der Waals surface area (Å²) in [4.78, 5) is 15.3. The van der Waals surface area contributed by atoms with Crippen molar-refractivity contribution in [2.75, 3.05) is 0 Å². The van der Waals surface area contributed by atoms with Gasteiger partial charge in [0.2, 0.25) is 11.7 Å². The molecule has 0 saturated heterocycles. The van der Waals surface area contributed by atoms with Gasteiger partial charge in [0.25, 0.3) is 0 Å². The molecule has 4 nitrogen and oxygen atoms in total. The van der Waals surface area contributed by atoms with Crippen LogP contribution in [0.2, 0.25) is 5.02 Å². The summed E-state index contributed by atoms with van der Waals surface area (Å²) >= 11 is 5.88. The molecule has 18 heavy (non-hydrogen) atoms. The van der Waals surface area contributed by atoms with E-state index >= 15 is 0 Å². The standard InChI is InChI=1S/C13H12ClNO3/c1-2-4-10-11(13(16)17)18-12(15-10)8-5-3-6-9(14)7-8/h3,5-7H,2,4H2,1H3,(H,16,17). The van der Waals surface area contributed by atoms with Crippen LogP contribution in [0.1, 0.15) is 29.6 Å². The maximum Gasteiger partial charge on any atom is 0.373 e. The average Bonchev–Trinajstić information content (AvgIpc) is 2.74. The van der Waals surface area contributed by atoms with Gasteiger partial charge in [-0.25, -0.2) is 9.78 Å². The molecule has 0 fully saturated rings. The Hall–Kier alpha value is -1.81. The van der Waals surface area contributed by atoms with Crippen molar-refractivity contribution in [1.82, 2.24) is 4.98 Å². The third-order valence-electron chi connectivity index (χ3n) is 2.45. The van der Waals surface area contributed by atoms with E-state index in [0.29, 0.717) is 28.6 Å². The molecule has 0 saturated carbocycles. The van der Waals surface area contributed by atoms with Crippen molar-refractivity contribution >= 4 is 17.6 Å². The lowest BCUT2D eigenvalue weighted by molar-refractivity contribution is 0.0661. The SMILES string of the molecule is CCCc1nc(-c2cccc(Cl)c2)oc1C(=O)O. The van der Waals surface area contributed by atoms with Crippen molar-refractivity contribution in [2.24, 2.45) is 0 Å². The average molecular weight is 266 g/mol. The largest absolute Gasteiger partial charge is 0.475 e. The quantitative estimate of drug-likeness (QED) is 0.916. The third-order valence-corrected chi connectivity index (χ3v) is 2.69. The number of rotatable bonds is 4. The highest BCUT2D eigenvalue weighted by atomic mass is 35.5. The van der Waals surface area contributed by atoms with Gasteiger partial charge in [0.05, 0.1) is 5.69 Å². The number of halogens is 1. The molecule has 0 bridgehead atoms. The Morgan fingerprint density at radius 1 is 1.50 bits per heavy atom. The number of carbonyl (C=O) groups is 1. The van der Waals surface area contributed by atoms with Crippen LogP contribution in [-0.2, 0) is 6.42 Å². The van der Waals surface area contributed by atoms with Gasteiger partial charge in [-0.05, 0) is 24.6 Å². The molecular formula is C13H12ClNO3. The molecule has 1 aromatic heterocycles. The molecule has 1 heterocycles. The van der Waals surface area contributed by atoms with Crippen molar-refractivity contribution in [1.29, 1.82) is 0 Å². The molecule has 0 aliphatic carbocycles. The fourth-order valence-corrected chi connectivity index (χ4v) is 1.86. The zero-order valence-electron chi connectivity index (χ0n) is 9.81. The minimum Gasteiger partial charge on any atom is -0.475 e. The molecule has 0 atom stereocenters. The number of aryl methyl sites for hydroxylation is 1.